The largest absolute Gasteiger partial charge is 0.388 e. The highest BCUT2D eigenvalue weighted by Crippen LogP contribution is 2.19. The van der Waals surface area contributed by atoms with Crippen molar-refractivity contribution < 1.29 is 5.11 Å². The molecule has 18 heavy (non-hydrogen) atoms. The molecule has 0 fully saturated rings. The van der Waals surface area contributed by atoms with Crippen molar-refractivity contribution >= 4 is 5.69 Å². The van der Waals surface area contributed by atoms with Gasteiger partial charge in [0.25, 0.3) is 0 Å². The Bertz CT molecular complexity index is 444. The minimum Gasteiger partial charge on any atom is -0.388 e. The van der Waals surface area contributed by atoms with Crippen LogP contribution in [0.1, 0.15) is 38.3 Å². The minimum atomic E-state index is -0.712. The van der Waals surface area contributed by atoms with Crippen molar-refractivity contribution in [1.82, 2.24) is 0 Å². The lowest BCUT2D eigenvalue weighted by molar-refractivity contribution is 0.0515. The lowest BCUT2D eigenvalue weighted by Gasteiger charge is -2.26. The van der Waals surface area contributed by atoms with Crippen molar-refractivity contribution in [2.75, 3.05) is 11.9 Å². The van der Waals surface area contributed by atoms with Crippen molar-refractivity contribution in [3.63, 3.8) is 0 Å². The van der Waals surface area contributed by atoms with Crippen LogP contribution in [0.5, 0.6) is 0 Å². The van der Waals surface area contributed by atoms with Crippen LogP contribution >= 0.6 is 0 Å². The molecule has 3 nitrogen and oxygen atoms in total. The Morgan fingerprint density at radius 3 is 2.61 bits per heavy atom. The van der Waals surface area contributed by atoms with Gasteiger partial charge < -0.3 is 10.4 Å². The van der Waals surface area contributed by atoms with Gasteiger partial charge in [-0.25, -0.2) is 0 Å². The summed E-state index contributed by atoms with van der Waals surface area (Å²) in [6.07, 6.45) is 0.759. The third-order valence-corrected chi connectivity index (χ3v) is 2.87. The van der Waals surface area contributed by atoms with E-state index in [0.717, 1.165) is 17.7 Å². The molecule has 1 unspecified atom stereocenters. The fourth-order valence-electron chi connectivity index (χ4n) is 2.14. The van der Waals surface area contributed by atoms with Crippen LogP contribution in [-0.4, -0.2) is 17.3 Å². The molecule has 0 heterocycles. The van der Waals surface area contributed by atoms with E-state index in [9.17, 15) is 5.11 Å². The van der Waals surface area contributed by atoms with Crippen LogP contribution in [0.4, 0.5) is 5.69 Å². The van der Waals surface area contributed by atoms with Crippen LogP contribution < -0.4 is 5.32 Å². The topological polar surface area (TPSA) is 56.0 Å². The summed E-state index contributed by atoms with van der Waals surface area (Å²) in [5.74, 6) is 0.463. The molecule has 1 aromatic rings. The summed E-state index contributed by atoms with van der Waals surface area (Å²) in [6.45, 7) is 8.46. The summed E-state index contributed by atoms with van der Waals surface area (Å²) < 4.78 is 0. The maximum Gasteiger partial charge on any atom is 0.0994 e. The summed E-state index contributed by atoms with van der Waals surface area (Å²) >= 11 is 0. The fourth-order valence-corrected chi connectivity index (χ4v) is 2.14. The number of anilines is 1. The second kappa shape index (κ2) is 5.88. The van der Waals surface area contributed by atoms with E-state index in [2.05, 4.69) is 25.2 Å². The Balaban J connectivity index is 2.64. The maximum atomic E-state index is 10.2. The molecule has 0 aliphatic carbocycles. The molecule has 0 saturated carbocycles. The summed E-state index contributed by atoms with van der Waals surface area (Å²) in [5.41, 5.74) is 1.87. The van der Waals surface area contributed by atoms with Gasteiger partial charge in [-0.1, -0.05) is 13.8 Å². The first-order chi connectivity index (χ1) is 8.34. The normalized spacial score (nSPS) is 14.1. The Morgan fingerprint density at radius 2 is 2.11 bits per heavy atom. The Kier molecular flexibility index (Phi) is 4.75. The van der Waals surface area contributed by atoms with E-state index in [4.69, 9.17) is 5.26 Å². The minimum absolute atomic E-state index is 0.463. The van der Waals surface area contributed by atoms with Crippen LogP contribution in [0.25, 0.3) is 0 Å². The number of aryl methyl sites for hydroxylation is 1. The Morgan fingerprint density at radius 1 is 1.44 bits per heavy atom. The number of nitrogens with one attached hydrogen (secondary N) is 1. The first-order valence-electron chi connectivity index (χ1n) is 6.31. The maximum absolute atomic E-state index is 10.2. The molecule has 0 aromatic heterocycles. The van der Waals surface area contributed by atoms with Gasteiger partial charge in [0.1, 0.15) is 0 Å². The van der Waals surface area contributed by atoms with Crippen molar-refractivity contribution in [3.05, 3.63) is 29.3 Å². The Labute approximate surface area is 109 Å². The highest BCUT2D eigenvalue weighted by molar-refractivity contribution is 5.51. The van der Waals surface area contributed by atoms with Crippen molar-refractivity contribution in [2.24, 2.45) is 5.92 Å². The summed E-state index contributed by atoms with van der Waals surface area (Å²) in [5, 5.41) is 22.3. The van der Waals surface area contributed by atoms with E-state index in [0.29, 0.717) is 18.0 Å². The van der Waals surface area contributed by atoms with Crippen LogP contribution in [0.15, 0.2) is 18.2 Å². The lowest BCUT2D eigenvalue weighted by atomic mass is 9.94. The summed E-state index contributed by atoms with van der Waals surface area (Å²) in [6, 6.07) is 7.75. The quantitative estimate of drug-likeness (QED) is 0.839. The molecule has 1 aromatic carbocycles. The molecule has 0 aliphatic heterocycles. The molecule has 0 saturated heterocycles. The standard InChI is InChI=1S/C15H22N2O/c1-11(2)8-15(4,18)10-17-14-6-5-13(9-16)12(3)7-14/h5-7,11,17-18H,8,10H2,1-4H3. The van der Waals surface area contributed by atoms with Crippen LogP contribution in [-0.2, 0) is 0 Å². The molecule has 3 heteroatoms. The van der Waals surface area contributed by atoms with E-state index in [1.165, 1.54) is 0 Å². The molecule has 98 valence electrons. The molecule has 0 spiro atoms. The number of hydrogen-bond donors (Lipinski definition) is 2. The SMILES string of the molecule is Cc1cc(NCC(C)(O)CC(C)C)ccc1C#N. The molecule has 0 aliphatic rings. The van der Waals surface area contributed by atoms with Gasteiger partial charge in [0.2, 0.25) is 0 Å². The second-order valence-corrected chi connectivity index (χ2v) is 5.59. The van der Waals surface area contributed by atoms with Gasteiger partial charge in [-0.2, -0.15) is 5.26 Å². The highest BCUT2D eigenvalue weighted by atomic mass is 16.3. The third-order valence-electron chi connectivity index (χ3n) is 2.87. The number of rotatable bonds is 5. The van der Waals surface area contributed by atoms with E-state index in [1.807, 2.05) is 26.0 Å². The highest BCUT2D eigenvalue weighted by Gasteiger charge is 2.21. The Hall–Kier alpha value is -1.53. The van der Waals surface area contributed by atoms with Gasteiger partial charge in [0, 0.05) is 12.2 Å². The zero-order valence-corrected chi connectivity index (χ0v) is 11.6. The van der Waals surface area contributed by atoms with Gasteiger partial charge >= 0.3 is 0 Å². The van der Waals surface area contributed by atoms with Crippen molar-refractivity contribution in [1.29, 1.82) is 5.26 Å². The molecular weight excluding hydrogens is 224 g/mol. The van der Waals surface area contributed by atoms with Crippen LogP contribution in [0.3, 0.4) is 0 Å². The number of nitrogens with zero attached hydrogens (tertiary/aromatic N) is 1. The van der Waals surface area contributed by atoms with E-state index < -0.39 is 5.60 Å². The zero-order chi connectivity index (χ0) is 13.8. The molecule has 0 amide bonds. The monoisotopic (exact) mass is 246 g/mol. The first-order valence-corrected chi connectivity index (χ1v) is 6.31. The van der Waals surface area contributed by atoms with Gasteiger partial charge in [-0.05, 0) is 49.9 Å². The summed E-state index contributed by atoms with van der Waals surface area (Å²) in [7, 11) is 0. The zero-order valence-electron chi connectivity index (χ0n) is 11.6. The van der Waals surface area contributed by atoms with Gasteiger partial charge in [-0.3, -0.25) is 0 Å². The third kappa shape index (κ3) is 4.38. The molecule has 1 atom stereocenters. The molecule has 1 rings (SSSR count). The molecule has 2 N–H and O–H groups in total. The van der Waals surface area contributed by atoms with Crippen LogP contribution in [0.2, 0.25) is 0 Å². The number of aliphatic hydroxyl groups is 1. The van der Waals surface area contributed by atoms with E-state index in [-0.39, 0.29) is 0 Å². The average molecular weight is 246 g/mol. The number of nitriles is 1. The van der Waals surface area contributed by atoms with Gasteiger partial charge in [-0.15, -0.1) is 0 Å². The predicted molar refractivity (Wildman–Crippen MR) is 74.5 cm³/mol. The van der Waals surface area contributed by atoms with Crippen LogP contribution in [0, 0.1) is 24.2 Å². The predicted octanol–water partition coefficient (Wildman–Crippen LogP) is 3.08. The lowest BCUT2D eigenvalue weighted by Crippen LogP contribution is -2.34. The molecule has 0 radical (unpaired) electrons. The first kappa shape index (κ1) is 14.5. The number of hydrogen-bond acceptors (Lipinski definition) is 3. The smallest absolute Gasteiger partial charge is 0.0994 e. The van der Waals surface area contributed by atoms with Gasteiger partial charge in [0.05, 0.1) is 17.2 Å². The van der Waals surface area contributed by atoms with Gasteiger partial charge in [0.15, 0.2) is 0 Å². The second-order valence-electron chi connectivity index (χ2n) is 5.59. The van der Waals surface area contributed by atoms with Crippen molar-refractivity contribution in [3.8, 4) is 6.07 Å². The van der Waals surface area contributed by atoms with E-state index in [1.54, 1.807) is 6.07 Å². The molecule has 0 bridgehead atoms. The molecular formula is C15H22N2O. The van der Waals surface area contributed by atoms with Crippen molar-refractivity contribution in [2.45, 2.75) is 39.7 Å². The summed E-state index contributed by atoms with van der Waals surface area (Å²) in [4.78, 5) is 0. The number of benzene rings is 1. The fraction of sp³-hybridized carbons (Fsp3) is 0.533. The average Bonchev–Trinajstić information content (AvgIpc) is 2.25. The van der Waals surface area contributed by atoms with E-state index >= 15 is 0 Å².